The van der Waals surface area contributed by atoms with Crippen LogP contribution in [-0.2, 0) is 20.9 Å². The fourth-order valence-electron chi connectivity index (χ4n) is 2.13. The van der Waals surface area contributed by atoms with E-state index in [9.17, 15) is 9.59 Å². The zero-order valence-electron chi connectivity index (χ0n) is 15.2. The van der Waals surface area contributed by atoms with Crippen LogP contribution in [0.15, 0.2) is 28.0 Å². The number of hydrogen-bond donors (Lipinski definition) is 1. The number of hydrogen-bond acceptors (Lipinski definition) is 7. The van der Waals surface area contributed by atoms with Crippen molar-refractivity contribution in [3.63, 3.8) is 0 Å². The molecule has 9 heteroatoms. The number of carbonyl (C=O) groups is 2. The van der Waals surface area contributed by atoms with Gasteiger partial charge in [-0.05, 0) is 31.4 Å². The quantitative estimate of drug-likeness (QED) is 0.499. The lowest BCUT2D eigenvalue weighted by Crippen LogP contribution is -2.30. The Labute approximate surface area is 156 Å². The van der Waals surface area contributed by atoms with Gasteiger partial charge in [0.2, 0.25) is 0 Å². The second-order valence-corrected chi connectivity index (χ2v) is 6.95. The number of rotatable bonds is 10. The Kier molecular flexibility index (Phi) is 7.71. The summed E-state index contributed by atoms with van der Waals surface area (Å²) in [6.45, 7) is 7.07. The van der Waals surface area contributed by atoms with Crippen LogP contribution in [0.1, 0.15) is 27.2 Å². The van der Waals surface area contributed by atoms with Gasteiger partial charge in [-0.3, -0.25) is 14.2 Å². The third kappa shape index (κ3) is 5.91. The molecule has 2 heterocycles. The molecular weight excluding hydrogens is 356 g/mol. The summed E-state index contributed by atoms with van der Waals surface area (Å²) in [5.41, 5.74) is 0. The highest BCUT2D eigenvalue weighted by Gasteiger charge is 2.17. The third-order valence-corrected chi connectivity index (χ3v) is 4.44. The van der Waals surface area contributed by atoms with Gasteiger partial charge in [-0.2, -0.15) is 0 Å². The molecule has 0 unspecified atom stereocenters. The lowest BCUT2D eigenvalue weighted by molar-refractivity contribution is -0.145. The summed E-state index contributed by atoms with van der Waals surface area (Å²) in [5, 5.41) is 11.5. The average Bonchev–Trinajstić information content (AvgIpc) is 3.26. The molecular formula is C17H24N4O4S. The van der Waals surface area contributed by atoms with Crippen LogP contribution in [0.2, 0.25) is 0 Å². The molecule has 0 aliphatic heterocycles. The molecule has 0 radical (unpaired) electrons. The highest BCUT2D eigenvalue weighted by atomic mass is 32.2. The second kappa shape index (κ2) is 10.0. The second-order valence-electron chi connectivity index (χ2n) is 6.01. The normalized spacial score (nSPS) is 10.9. The zero-order valence-corrected chi connectivity index (χ0v) is 16.0. The van der Waals surface area contributed by atoms with Gasteiger partial charge in [0.15, 0.2) is 23.3 Å². The fraction of sp³-hybridized carbons (Fsp3) is 0.529. The first-order valence-electron chi connectivity index (χ1n) is 8.53. The van der Waals surface area contributed by atoms with E-state index in [0.717, 1.165) is 6.42 Å². The topological polar surface area (TPSA) is 99.2 Å². The zero-order chi connectivity index (χ0) is 18.9. The lowest BCUT2D eigenvalue weighted by atomic mass is 10.1. The number of nitrogens with zero attached hydrogens (tertiary/aromatic N) is 3. The van der Waals surface area contributed by atoms with Gasteiger partial charge in [-0.25, -0.2) is 0 Å². The largest absolute Gasteiger partial charge is 0.461 e. The van der Waals surface area contributed by atoms with Gasteiger partial charge in [-0.1, -0.05) is 25.6 Å². The van der Waals surface area contributed by atoms with Crippen molar-refractivity contribution in [1.82, 2.24) is 20.1 Å². The van der Waals surface area contributed by atoms with Crippen LogP contribution < -0.4 is 5.32 Å². The van der Waals surface area contributed by atoms with Crippen LogP contribution in [0.4, 0.5) is 0 Å². The Bertz CT molecular complexity index is 712. The monoisotopic (exact) mass is 380 g/mol. The third-order valence-electron chi connectivity index (χ3n) is 3.50. The summed E-state index contributed by atoms with van der Waals surface area (Å²) in [6.07, 6.45) is 2.46. The molecule has 2 aromatic heterocycles. The van der Waals surface area contributed by atoms with Crippen molar-refractivity contribution in [2.24, 2.45) is 5.92 Å². The van der Waals surface area contributed by atoms with E-state index in [1.807, 2.05) is 11.5 Å². The molecule has 0 spiro atoms. The van der Waals surface area contributed by atoms with E-state index >= 15 is 0 Å². The van der Waals surface area contributed by atoms with Gasteiger partial charge in [0.25, 0.3) is 5.91 Å². The van der Waals surface area contributed by atoms with Crippen LogP contribution in [0.5, 0.6) is 0 Å². The molecule has 0 atom stereocenters. The first-order chi connectivity index (χ1) is 12.5. The van der Waals surface area contributed by atoms with Crippen LogP contribution in [0.3, 0.4) is 0 Å². The fourth-order valence-corrected chi connectivity index (χ4v) is 2.93. The predicted molar refractivity (Wildman–Crippen MR) is 97.5 cm³/mol. The average molecular weight is 380 g/mol. The van der Waals surface area contributed by atoms with Crippen molar-refractivity contribution >= 4 is 23.6 Å². The van der Waals surface area contributed by atoms with E-state index in [-0.39, 0.29) is 18.3 Å². The number of thioether (sulfide) groups is 1. The minimum atomic E-state index is -0.473. The smallest absolute Gasteiger partial charge is 0.316 e. The number of carbonyl (C=O) groups excluding carboxylic acids is 2. The van der Waals surface area contributed by atoms with Gasteiger partial charge in [0.1, 0.15) is 0 Å². The molecule has 8 nitrogen and oxygen atoms in total. The van der Waals surface area contributed by atoms with Gasteiger partial charge in [0, 0.05) is 13.1 Å². The van der Waals surface area contributed by atoms with Crippen LogP contribution in [-0.4, -0.2) is 45.5 Å². The highest BCUT2D eigenvalue weighted by molar-refractivity contribution is 7.99. The van der Waals surface area contributed by atoms with Crippen molar-refractivity contribution in [3.8, 4) is 11.6 Å². The predicted octanol–water partition coefficient (Wildman–Crippen LogP) is 2.36. The molecule has 0 saturated heterocycles. The molecule has 26 heavy (non-hydrogen) atoms. The standard InChI is InChI=1S/C17H24N4O4S/c1-4-21-16(13-6-5-9-24-13)19-20-17(21)26-11-15(23)25-10-14(22)18-8-7-12(2)3/h5-6,9,12H,4,7-8,10-11H2,1-3H3,(H,18,22). The molecule has 0 aromatic carbocycles. The van der Waals surface area contributed by atoms with Crippen molar-refractivity contribution in [2.45, 2.75) is 38.9 Å². The SMILES string of the molecule is CCn1c(SCC(=O)OCC(=O)NCCC(C)C)nnc1-c1ccco1. The van der Waals surface area contributed by atoms with Crippen molar-refractivity contribution in [2.75, 3.05) is 18.9 Å². The minimum Gasteiger partial charge on any atom is -0.461 e. The van der Waals surface area contributed by atoms with Gasteiger partial charge >= 0.3 is 5.97 Å². The summed E-state index contributed by atoms with van der Waals surface area (Å²) >= 11 is 1.21. The minimum absolute atomic E-state index is 0.0512. The van der Waals surface area contributed by atoms with Crippen LogP contribution >= 0.6 is 11.8 Å². The summed E-state index contributed by atoms with van der Waals surface area (Å²) in [5.74, 6) is 1.02. The number of furan rings is 1. The van der Waals surface area contributed by atoms with E-state index in [4.69, 9.17) is 9.15 Å². The number of ether oxygens (including phenoxy) is 1. The molecule has 1 amide bonds. The molecule has 0 bridgehead atoms. The Hall–Kier alpha value is -2.29. The lowest BCUT2D eigenvalue weighted by Gasteiger charge is -2.08. The molecule has 0 saturated carbocycles. The molecule has 0 fully saturated rings. The molecule has 2 aromatic rings. The molecule has 2 rings (SSSR count). The number of esters is 1. The molecule has 142 valence electrons. The Morgan fingerprint density at radius 1 is 1.38 bits per heavy atom. The summed E-state index contributed by atoms with van der Waals surface area (Å²) in [4.78, 5) is 23.4. The molecule has 1 N–H and O–H groups in total. The van der Waals surface area contributed by atoms with E-state index in [0.29, 0.717) is 35.7 Å². The maximum Gasteiger partial charge on any atom is 0.316 e. The van der Waals surface area contributed by atoms with E-state index in [1.54, 1.807) is 18.4 Å². The van der Waals surface area contributed by atoms with E-state index in [2.05, 4.69) is 29.4 Å². The van der Waals surface area contributed by atoms with Crippen LogP contribution in [0, 0.1) is 5.92 Å². The van der Waals surface area contributed by atoms with Crippen molar-refractivity contribution < 1.29 is 18.7 Å². The molecule has 0 aliphatic rings. The number of amides is 1. The van der Waals surface area contributed by atoms with Gasteiger partial charge in [0.05, 0.1) is 12.0 Å². The maximum absolute atomic E-state index is 11.8. The number of aromatic nitrogens is 3. The van der Waals surface area contributed by atoms with Gasteiger partial charge in [-0.15, -0.1) is 10.2 Å². The maximum atomic E-state index is 11.8. The summed E-state index contributed by atoms with van der Waals surface area (Å²) in [6, 6.07) is 3.58. The Morgan fingerprint density at radius 3 is 2.85 bits per heavy atom. The Balaban J connectivity index is 1.78. The molecule has 0 aliphatic carbocycles. The van der Waals surface area contributed by atoms with Crippen molar-refractivity contribution in [3.05, 3.63) is 18.4 Å². The van der Waals surface area contributed by atoms with Gasteiger partial charge < -0.3 is 14.5 Å². The first-order valence-corrected chi connectivity index (χ1v) is 9.52. The van der Waals surface area contributed by atoms with Crippen LogP contribution in [0.25, 0.3) is 11.6 Å². The van der Waals surface area contributed by atoms with E-state index < -0.39 is 5.97 Å². The number of nitrogens with one attached hydrogen (secondary N) is 1. The highest BCUT2D eigenvalue weighted by Crippen LogP contribution is 2.24. The summed E-state index contributed by atoms with van der Waals surface area (Å²) < 4.78 is 12.2. The Morgan fingerprint density at radius 2 is 2.19 bits per heavy atom. The first kappa shape index (κ1) is 20.0. The van der Waals surface area contributed by atoms with E-state index in [1.165, 1.54) is 11.8 Å². The van der Waals surface area contributed by atoms with Crippen molar-refractivity contribution in [1.29, 1.82) is 0 Å². The summed E-state index contributed by atoms with van der Waals surface area (Å²) in [7, 11) is 0.